The van der Waals surface area contributed by atoms with Gasteiger partial charge in [0.25, 0.3) is 0 Å². The molecule has 0 saturated carbocycles. The summed E-state index contributed by atoms with van der Waals surface area (Å²) in [5, 5.41) is 3.33. The van der Waals surface area contributed by atoms with Crippen molar-refractivity contribution in [2.45, 2.75) is 13.8 Å². The Morgan fingerprint density at radius 1 is 1.06 bits per heavy atom. The van der Waals surface area contributed by atoms with Gasteiger partial charge >= 0.3 is 0 Å². The number of hydrogen-bond donors (Lipinski definition) is 2. The first-order chi connectivity index (χ1) is 8.69. The van der Waals surface area contributed by atoms with Crippen LogP contribution in [0.3, 0.4) is 0 Å². The third-order valence-corrected chi connectivity index (χ3v) is 2.72. The minimum atomic E-state index is 0.684. The largest absolute Gasteiger partial charge is 0.494 e. The molecule has 0 radical (unpaired) electrons. The summed E-state index contributed by atoms with van der Waals surface area (Å²) in [6.07, 6.45) is 0. The van der Waals surface area contributed by atoms with E-state index in [4.69, 9.17) is 10.5 Å². The smallest absolute Gasteiger partial charge is 0.119 e. The Balaban J connectivity index is 2.10. The molecule has 2 aromatic carbocycles. The van der Waals surface area contributed by atoms with Gasteiger partial charge in [0.1, 0.15) is 5.75 Å². The summed E-state index contributed by atoms with van der Waals surface area (Å²) < 4.78 is 5.40. The van der Waals surface area contributed by atoms with Crippen LogP contribution >= 0.6 is 0 Å². The van der Waals surface area contributed by atoms with Crippen LogP contribution in [-0.4, -0.2) is 6.61 Å². The van der Waals surface area contributed by atoms with Crippen LogP contribution in [0.5, 0.6) is 5.75 Å². The van der Waals surface area contributed by atoms with Crippen molar-refractivity contribution in [1.82, 2.24) is 0 Å². The van der Waals surface area contributed by atoms with Gasteiger partial charge in [0.05, 0.1) is 6.61 Å². The van der Waals surface area contributed by atoms with Gasteiger partial charge in [0, 0.05) is 17.1 Å². The number of ether oxygens (including phenoxy) is 1. The molecule has 3 nitrogen and oxygen atoms in total. The molecule has 94 valence electrons. The third-order valence-electron chi connectivity index (χ3n) is 2.72. The quantitative estimate of drug-likeness (QED) is 0.803. The van der Waals surface area contributed by atoms with E-state index in [1.165, 1.54) is 0 Å². The number of aryl methyl sites for hydroxylation is 1. The number of nitrogen functional groups attached to an aromatic ring is 1. The Labute approximate surface area is 108 Å². The lowest BCUT2D eigenvalue weighted by Gasteiger charge is -2.09. The molecule has 0 aliphatic heterocycles. The monoisotopic (exact) mass is 242 g/mol. The molecule has 0 amide bonds. The molecular formula is C15H18N2O. The molecular weight excluding hydrogens is 224 g/mol. The van der Waals surface area contributed by atoms with Gasteiger partial charge in [-0.15, -0.1) is 0 Å². The molecule has 3 heteroatoms. The highest BCUT2D eigenvalue weighted by molar-refractivity contribution is 5.64. The summed E-state index contributed by atoms with van der Waals surface area (Å²) in [7, 11) is 0. The number of nitrogens with one attached hydrogen (secondary N) is 1. The molecule has 0 saturated heterocycles. The van der Waals surface area contributed by atoms with E-state index >= 15 is 0 Å². The van der Waals surface area contributed by atoms with Gasteiger partial charge in [-0.2, -0.15) is 0 Å². The van der Waals surface area contributed by atoms with Crippen molar-refractivity contribution >= 4 is 17.1 Å². The molecule has 0 bridgehead atoms. The summed E-state index contributed by atoms with van der Waals surface area (Å²) in [5.74, 6) is 0.886. The maximum Gasteiger partial charge on any atom is 0.119 e. The molecule has 0 spiro atoms. The molecule has 0 fully saturated rings. The average Bonchev–Trinajstić information content (AvgIpc) is 2.37. The molecule has 0 aliphatic carbocycles. The first kappa shape index (κ1) is 12.3. The van der Waals surface area contributed by atoms with Crippen LogP contribution in [0.1, 0.15) is 12.5 Å². The second-order valence-corrected chi connectivity index (χ2v) is 4.15. The Kier molecular flexibility index (Phi) is 3.72. The molecule has 0 aromatic heterocycles. The van der Waals surface area contributed by atoms with Gasteiger partial charge in [-0.3, -0.25) is 0 Å². The predicted molar refractivity (Wildman–Crippen MR) is 76.5 cm³/mol. The summed E-state index contributed by atoms with van der Waals surface area (Å²) in [5.41, 5.74) is 9.74. The van der Waals surface area contributed by atoms with E-state index in [0.717, 1.165) is 28.4 Å². The maximum absolute atomic E-state index is 5.79. The first-order valence-electron chi connectivity index (χ1n) is 6.05. The topological polar surface area (TPSA) is 47.3 Å². The van der Waals surface area contributed by atoms with E-state index in [0.29, 0.717) is 6.61 Å². The van der Waals surface area contributed by atoms with Crippen molar-refractivity contribution in [1.29, 1.82) is 0 Å². The number of rotatable bonds is 4. The van der Waals surface area contributed by atoms with Gasteiger partial charge in [-0.1, -0.05) is 0 Å². The SMILES string of the molecule is CCOc1ccc(Nc2ccc(N)c(C)c2)cc1. The molecule has 3 N–H and O–H groups in total. The van der Waals surface area contributed by atoms with Crippen molar-refractivity contribution in [3.63, 3.8) is 0 Å². The maximum atomic E-state index is 5.79. The van der Waals surface area contributed by atoms with Crippen molar-refractivity contribution < 1.29 is 4.74 Å². The number of nitrogens with two attached hydrogens (primary N) is 1. The van der Waals surface area contributed by atoms with E-state index in [2.05, 4.69) is 5.32 Å². The van der Waals surface area contributed by atoms with E-state index in [1.54, 1.807) is 0 Å². The molecule has 0 unspecified atom stereocenters. The highest BCUT2D eigenvalue weighted by atomic mass is 16.5. The van der Waals surface area contributed by atoms with Crippen LogP contribution in [0.2, 0.25) is 0 Å². The third kappa shape index (κ3) is 2.94. The second-order valence-electron chi connectivity index (χ2n) is 4.15. The lowest BCUT2D eigenvalue weighted by Crippen LogP contribution is -1.95. The van der Waals surface area contributed by atoms with Crippen LogP contribution in [0.25, 0.3) is 0 Å². The molecule has 0 aliphatic rings. The highest BCUT2D eigenvalue weighted by Crippen LogP contribution is 2.22. The summed E-state index contributed by atoms with van der Waals surface area (Å²) in [4.78, 5) is 0. The van der Waals surface area contributed by atoms with Crippen LogP contribution in [0, 0.1) is 6.92 Å². The predicted octanol–water partition coefficient (Wildman–Crippen LogP) is 3.72. The van der Waals surface area contributed by atoms with Crippen LogP contribution < -0.4 is 15.8 Å². The zero-order valence-electron chi connectivity index (χ0n) is 10.7. The van der Waals surface area contributed by atoms with Gasteiger partial charge in [-0.25, -0.2) is 0 Å². The van der Waals surface area contributed by atoms with Gasteiger partial charge in [-0.05, 0) is 61.9 Å². The first-order valence-corrected chi connectivity index (χ1v) is 6.05. The fraction of sp³-hybridized carbons (Fsp3) is 0.200. The minimum Gasteiger partial charge on any atom is -0.494 e. The molecule has 2 rings (SSSR count). The van der Waals surface area contributed by atoms with Gasteiger partial charge in [0.15, 0.2) is 0 Å². The van der Waals surface area contributed by atoms with Gasteiger partial charge in [0.2, 0.25) is 0 Å². The van der Waals surface area contributed by atoms with Crippen molar-refractivity contribution in [3.8, 4) is 5.75 Å². The number of benzene rings is 2. The van der Waals surface area contributed by atoms with Crippen LogP contribution in [0.15, 0.2) is 42.5 Å². The lowest BCUT2D eigenvalue weighted by molar-refractivity contribution is 0.340. The molecule has 18 heavy (non-hydrogen) atoms. The zero-order valence-corrected chi connectivity index (χ0v) is 10.7. The second kappa shape index (κ2) is 5.45. The van der Waals surface area contributed by atoms with Crippen LogP contribution in [0.4, 0.5) is 17.1 Å². The standard InChI is InChI=1S/C15H18N2O/c1-3-18-14-7-4-12(5-8-14)17-13-6-9-15(16)11(2)10-13/h4-10,17H,3,16H2,1-2H3. The highest BCUT2D eigenvalue weighted by Gasteiger charge is 1.98. The van der Waals surface area contributed by atoms with Crippen molar-refractivity contribution in [2.75, 3.05) is 17.7 Å². The fourth-order valence-corrected chi connectivity index (χ4v) is 1.72. The van der Waals surface area contributed by atoms with E-state index in [-0.39, 0.29) is 0 Å². The van der Waals surface area contributed by atoms with Gasteiger partial charge < -0.3 is 15.8 Å². The molecule has 2 aromatic rings. The van der Waals surface area contributed by atoms with E-state index in [9.17, 15) is 0 Å². The van der Waals surface area contributed by atoms with Crippen LogP contribution in [-0.2, 0) is 0 Å². The number of hydrogen-bond acceptors (Lipinski definition) is 3. The summed E-state index contributed by atoms with van der Waals surface area (Å²) in [6, 6.07) is 13.8. The Bertz CT molecular complexity index is 521. The van der Waals surface area contributed by atoms with E-state index < -0.39 is 0 Å². The normalized spacial score (nSPS) is 10.1. The average molecular weight is 242 g/mol. The Hall–Kier alpha value is -2.16. The minimum absolute atomic E-state index is 0.684. The van der Waals surface area contributed by atoms with Crippen molar-refractivity contribution in [2.24, 2.45) is 0 Å². The zero-order chi connectivity index (χ0) is 13.0. The summed E-state index contributed by atoms with van der Waals surface area (Å²) in [6.45, 7) is 4.66. The van der Waals surface area contributed by atoms with Crippen molar-refractivity contribution in [3.05, 3.63) is 48.0 Å². The fourth-order valence-electron chi connectivity index (χ4n) is 1.72. The summed E-state index contributed by atoms with van der Waals surface area (Å²) >= 11 is 0. The Morgan fingerprint density at radius 2 is 1.72 bits per heavy atom. The molecule has 0 atom stereocenters. The van der Waals surface area contributed by atoms with E-state index in [1.807, 2.05) is 56.3 Å². The molecule has 0 heterocycles. The number of anilines is 3. The Morgan fingerprint density at radius 3 is 2.33 bits per heavy atom. The lowest BCUT2D eigenvalue weighted by atomic mass is 10.2.